The standard InChI is InChI=1S/C25H22F2N4O3/c26-20-12-16(31-6-8-32-9-7-31)11-19-23(20)34-21-4-3-15(17-2-1-5-29-24(17)27)10-18(21)25(19)14-33-13-22(28)30-25/h1-5,10-12H,6-9,13-14H2,(H2,28,30). The number of pyridine rings is 1. The zero-order chi connectivity index (χ0) is 23.3. The molecule has 1 atom stereocenters. The van der Waals surface area contributed by atoms with E-state index in [1.165, 1.54) is 12.3 Å². The number of aliphatic imine (C=N–C) groups is 1. The number of ether oxygens (including phenoxy) is 3. The zero-order valence-electron chi connectivity index (χ0n) is 18.3. The van der Waals surface area contributed by atoms with E-state index >= 15 is 4.39 Å². The van der Waals surface area contributed by atoms with Crippen LogP contribution in [-0.4, -0.2) is 50.3 Å². The first-order valence-electron chi connectivity index (χ1n) is 11.1. The minimum Gasteiger partial charge on any atom is -0.453 e. The van der Waals surface area contributed by atoms with Crippen molar-refractivity contribution in [3.8, 4) is 22.6 Å². The van der Waals surface area contributed by atoms with Gasteiger partial charge in [-0.25, -0.2) is 9.37 Å². The second kappa shape index (κ2) is 8.03. The predicted molar refractivity (Wildman–Crippen MR) is 122 cm³/mol. The maximum atomic E-state index is 15.5. The van der Waals surface area contributed by atoms with Crippen molar-refractivity contribution in [1.82, 2.24) is 4.98 Å². The minimum atomic E-state index is -1.14. The molecule has 4 heterocycles. The third-order valence-electron chi connectivity index (χ3n) is 6.45. The van der Waals surface area contributed by atoms with Crippen LogP contribution >= 0.6 is 0 Å². The number of halogens is 2. The lowest BCUT2D eigenvalue weighted by Crippen LogP contribution is -2.43. The van der Waals surface area contributed by atoms with Gasteiger partial charge in [-0.2, -0.15) is 4.39 Å². The van der Waals surface area contributed by atoms with Crippen molar-refractivity contribution in [2.45, 2.75) is 5.54 Å². The van der Waals surface area contributed by atoms with Crippen LogP contribution in [0.1, 0.15) is 11.1 Å². The van der Waals surface area contributed by atoms with Crippen molar-refractivity contribution in [1.29, 1.82) is 0 Å². The fraction of sp³-hybridized carbons (Fsp3) is 0.280. The minimum absolute atomic E-state index is 0.0897. The molecule has 34 heavy (non-hydrogen) atoms. The molecule has 1 aromatic heterocycles. The quantitative estimate of drug-likeness (QED) is 0.584. The van der Waals surface area contributed by atoms with Gasteiger partial charge in [-0.05, 0) is 35.9 Å². The molecule has 0 aliphatic carbocycles. The van der Waals surface area contributed by atoms with Gasteiger partial charge in [0.1, 0.15) is 23.7 Å². The Hall–Kier alpha value is -3.56. The van der Waals surface area contributed by atoms with Gasteiger partial charge in [0.25, 0.3) is 0 Å². The van der Waals surface area contributed by atoms with Crippen LogP contribution in [0.2, 0.25) is 0 Å². The van der Waals surface area contributed by atoms with E-state index in [0.717, 1.165) is 0 Å². The topological polar surface area (TPSA) is 82.2 Å². The van der Waals surface area contributed by atoms with Crippen molar-refractivity contribution >= 4 is 11.5 Å². The largest absolute Gasteiger partial charge is 0.453 e. The van der Waals surface area contributed by atoms with Crippen LogP contribution in [0.4, 0.5) is 14.5 Å². The summed E-state index contributed by atoms with van der Waals surface area (Å²) in [6, 6.07) is 11.9. The molecule has 3 aliphatic heterocycles. The molecule has 9 heteroatoms. The second-order valence-electron chi connectivity index (χ2n) is 8.51. The Morgan fingerprint density at radius 2 is 1.85 bits per heavy atom. The molecule has 1 fully saturated rings. The number of morpholine rings is 1. The Balaban J connectivity index is 1.56. The Morgan fingerprint density at radius 3 is 2.65 bits per heavy atom. The number of aromatic nitrogens is 1. The van der Waals surface area contributed by atoms with Gasteiger partial charge >= 0.3 is 0 Å². The molecule has 1 spiro atoms. The Labute approximate surface area is 194 Å². The van der Waals surface area contributed by atoms with Gasteiger partial charge < -0.3 is 24.8 Å². The summed E-state index contributed by atoms with van der Waals surface area (Å²) in [6.07, 6.45) is 1.40. The first-order chi connectivity index (χ1) is 16.5. The van der Waals surface area contributed by atoms with E-state index in [-0.39, 0.29) is 19.0 Å². The molecule has 0 bridgehead atoms. The molecule has 1 saturated heterocycles. The van der Waals surface area contributed by atoms with Gasteiger partial charge in [0.15, 0.2) is 11.6 Å². The van der Waals surface area contributed by atoms with Crippen LogP contribution < -0.4 is 15.4 Å². The number of rotatable bonds is 2. The number of fused-ring (bicyclic) bond motifs is 4. The monoisotopic (exact) mass is 464 g/mol. The molecule has 0 radical (unpaired) electrons. The first-order valence-corrected chi connectivity index (χ1v) is 11.1. The van der Waals surface area contributed by atoms with Crippen LogP contribution in [0.15, 0.2) is 53.7 Å². The van der Waals surface area contributed by atoms with E-state index in [9.17, 15) is 4.39 Å². The summed E-state index contributed by atoms with van der Waals surface area (Å²) in [5.41, 5.74) is 7.80. The average Bonchev–Trinajstić information content (AvgIpc) is 2.86. The van der Waals surface area contributed by atoms with E-state index < -0.39 is 17.3 Å². The third-order valence-corrected chi connectivity index (χ3v) is 6.45. The molecule has 3 aliphatic rings. The summed E-state index contributed by atoms with van der Waals surface area (Å²) in [7, 11) is 0. The summed E-state index contributed by atoms with van der Waals surface area (Å²) in [4.78, 5) is 10.6. The molecule has 3 aromatic rings. The molecule has 0 amide bonds. The molecule has 2 N–H and O–H groups in total. The highest BCUT2D eigenvalue weighted by Crippen LogP contribution is 2.52. The molecule has 2 aromatic carbocycles. The van der Waals surface area contributed by atoms with Crippen molar-refractivity contribution in [3.05, 3.63) is 71.6 Å². The normalized spacial score (nSPS) is 21.5. The van der Waals surface area contributed by atoms with Gasteiger partial charge in [0.05, 0.1) is 19.8 Å². The van der Waals surface area contributed by atoms with Crippen LogP contribution in [0.5, 0.6) is 11.5 Å². The van der Waals surface area contributed by atoms with Crippen molar-refractivity contribution < 1.29 is 23.0 Å². The summed E-state index contributed by atoms with van der Waals surface area (Å²) in [5.74, 6) is -0.282. The Morgan fingerprint density at radius 1 is 1.00 bits per heavy atom. The second-order valence-corrected chi connectivity index (χ2v) is 8.51. The number of nitrogens with zero attached hydrogens (tertiary/aromatic N) is 3. The summed E-state index contributed by atoms with van der Waals surface area (Å²) < 4.78 is 47.2. The van der Waals surface area contributed by atoms with E-state index in [2.05, 4.69) is 9.88 Å². The lowest BCUT2D eigenvalue weighted by Gasteiger charge is -2.40. The number of hydrogen-bond donors (Lipinski definition) is 1. The molecule has 174 valence electrons. The van der Waals surface area contributed by atoms with E-state index in [4.69, 9.17) is 24.9 Å². The Bertz CT molecular complexity index is 1310. The number of hydrogen-bond acceptors (Lipinski definition) is 7. The van der Waals surface area contributed by atoms with Gasteiger partial charge in [0, 0.05) is 47.7 Å². The lowest BCUT2D eigenvalue weighted by atomic mass is 9.79. The van der Waals surface area contributed by atoms with Gasteiger partial charge in [-0.15, -0.1) is 0 Å². The van der Waals surface area contributed by atoms with Gasteiger partial charge in [-0.3, -0.25) is 4.99 Å². The van der Waals surface area contributed by atoms with Gasteiger partial charge in [-0.1, -0.05) is 6.07 Å². The van der Waals surface area contributed by atoms with Crippen molar-refractivity contribution in [2.24, 2.45) is 10.7 Å². The maximum absolute atomic E-state index is 15.5. The molecular formula is C25H22F2N4O3. The van der Waals surface area contributed by atoms with E-state index in [1.807, 2.05) is 6.07 Å². The van der Waals surface area contributed by atoms with Crippen molar-refractivity contribution in [2.75, 3.05) is 44.4 Å². The number of anilines is 1. The highest BCUT2D eigenvalue weighted by Gasteiger charge is 2.46. The molecular weight excluding hydrogens is 442 g/mol. The van der Waals surface area contributed by atoms with Crippen LogP contribution in [0, 0.1) is 11.8 Å². The van der Waals surface area contributed by atoms with Crippen LogP contribution in [0.3, 0.4) is 0 Å². The SMILES string of the molecule is NC1=NC2(COC1)c1cc(-c3cccnc3F)ccc1Oc1c(F)cc(N3CCOCC3)cc12. The molecule has 0 saturated carbocycles. The summed E-state index contributed by atoms with van der Waals surface area (Å²) >= 11 is 0. The van der Waals surface area contributed by atoms with Gasteiger partial charge in [0.2, 0.25) is 5.95 Å². The molecule has 7 nitrogen and oxygen atoms in total. The average molecular weight is 464 g/mol. The van der Waals surface area contributed by atoms with Crippen LogP contribution in [-0.2, 0) is 15.0 Å². The van der Waals surface area contributed by atoms with Crippen molar-refractivity contribution in [3.63, 3.8) is 0 Å². The zero-order valence-corrected chi connectivity index (χ0v) is 18.3. The Kier molecular flexibility index (Phi) is 4.96. The number of nitrogens with two attached hydrogens (primary N) is 1. The number of benzene rings is 2. The fourth-order valence-corrected chi connectivity index (χ4v) is 4.85. The summed E-state index contributed by atoms with van der Waals surface area (Å²) in [6.45, 7) is 2.75. The van der Waals surface area contributed by atoms with E-state index in [1.54, 1.807) is 30.3 Å². The third kappa shape index (κ3) is 3.31. The van der Waals surface area contributed by atoms with Crippen LogP contribution in [0.25, 0.3) is 11.1 Å². The molecule has 1 unspecified atom stereocenters. The van der Waals surface area contributed by atoms with E-state index in [0.29, 0.717) is 65.8 Å². The maximum Gasteiger partial charge on any atom is 0.220 e. The first kappa shape index (κ1) is 21.0. The highest BCUT2D eigenvalue weighted by molar-refractivity contribution is 5.84. The smallest absolute Gasteiger partial charge is 0.220 e. The summed E-state index contributed by atoms with van der Waals surface area (Å²) in [5, 5.41) is 0. The fourth-order valence-electron chi connectivity index (χ4n) is 4.85. The number of amidine groups is 1. The highest BCUT2D eigenvalue weighted by atomic mass is 19.1. The molecule has 6 rings (SSSR count). The predicted octanol–water partition coefficient (Wildman–Crippen LogP) is 3.60. The lowest BCUT2D eigenvalue weighted by molar-refractivity contribution is 0.109.